The number of aromatic nitrogens is 9. The Bertz CT molecular complexity index is 1170. The third kappa shape index (κ3) is 2.30. The third-order valence-electron chi connectivity index (χ3n) is 3.69. The minimum Gasteiger partial charge on any atom is -0.258 e. The minimum absolute atomic E-state index is 0.235. The highest BCUT2D eigenvalue weighted by molar-refractivity contribution is 5.69. The number of hydrogen-bond donors (Lipinski definition) is 1. The first-order valence-electron chi connectivity index (χ1n) is 7.51. The summed E-state index contributed by atoms with van der Waals surface area (Å²) in [5.41, 5.74) is 2.61. The molecule has 0 unspecified atom stereocenters. The van der Waals surface area contributed by atoms with E-state index < -0.39 is 0 Å². The Kier molecular flexibility index (Phi) is 3.47. The van der Waals surface area contributed by atoms with Gasteiger partial charge >= 0.3 is 0 Å². The lowest BCUT2D eigenvalue weighted by molar-refractivity contribution is 0.781. The summed E-state index contributed by atoms with van der Waals surface area (Å²) in [5, 5.41) is 24.2. The fraction of sp³-hybridized carbons (Fsp3) is 0.214. The minimum atomic E-state index is 0.235. The zero-order chi connectivity index (χ0) is 18.3. The second-order valence-electron chi connectivity index (χ2n) is 5.38. The maximum Gasteiger partial charge on any atom is 0.255 e. The molecule has 0 aliphatic heterocycles. The van der Waals surface area contributed by atoms with Crippen molar-refractivity contribution in [1.82, 2.24) is 44.5 Å². The van der Waals surface area contributed by atoms with Crippen LogP contribution in [0.25, 0.3) is 16.4 Å². The van der Waals surface area contributed by atoms with Crippen molar-refractivity contribution in [1.29, 1.82) is 0 Å². The van der Waals surface area contributed by atoms with Crippen LogP contribution in [-0.2, 0) is 0 Å². The Balaban J connectivity index is 1.87. The summed E-state index contributed by atoms with van der Waals surface area (Å²) in [6.45, 7) is 12.8. The molecular formula is C14H12N12. The molecule has 12 nitrogen and oxygen atoms in total. The van der Waals surface area contributed by atoms with Crippen LogP contribution >= 0.6 is 0 Å². The smallest absolute Gasteiger partial charge is 0.255 e. The quantitative estimate of drug-likeness (QED) is 0.446. The molecule has 128 valence electrons. The topological polar surface area (TPSA) is 132 Å². The van der Waals surface area contributed by atoms with Crippen LogP contribution in [0.1, 0.15) is 17.2 Å². The highest BCUT2D eigenvalue weighted by Gasteiger charge is 2.19. The Labute approximate surface area is 146 Å². The number of nitrogens with one attached hydrogen (secondary N) is 1. The van der Waals surface area contributed by atoms with Crippen LogP contribution in [0.15, 0.2) is 22.9 Å². The van der Waals surface area contributed by atoms with Crippen LogP contribution in [-0.4, -0.2) is 44.5 Å². The molecule has 0 spiro atoms. The molecule has 0 aliphatic rings. The highest BCUT2D eigenvalue weighted by atomic mass is 15.4. The Morgan fingerprint density at radius 3 is 2.58 bits per heavy atom. The predicted molar refractivity (Wildman–Crippen MR) is 88.9 cm³/mol. The van der Waals surface area contributed by atoms with Crippen molar-refractivity contribution in [2.45, 2.75) is 20.8 Å². The lowest BCUT2D eigenvalue weighted by Gasteiger charge is -2.00. The fourth-order valence-corrected chi connectivity index (χ4v) is 2.46. The van der Waals surface area contributed by atoms with Gasteiger partial charge in [0.1, 0.15) is 18.5 Å². The van der Waals surface area contributed by atoms with Crippen molar-refractivity contribution in [3.05, 3.63) is 41.3 Å². The number of H-pyrrole nitrogens is 1. The first-order valence-corrected chi connectivity index (χ1v) is 7.51. The summed E-state index contributed by atoms with van der Waals surface area (Å²) >= 11 is 0. The van der Waals surface area contributed by atoms with Crippen LogP contribution in [0.5, 0.6) is 0 Å². The normalized spacial score (nSPS) is 11.5. The molecule has 0 radical (unpaired) electrons. The fourth-order valence-electron chi connectivity index (χ4n) is 2.46. The average molecular weight is 348 g/mol. The Morgan fingerprint density at radius 2 is 1.85 bits per heavy atom. The predicted octanol–water partition coefficient (Wildman–Crippen LogP) is 2.32. The zero-order valence-electron chi connectivity index (χ0n) is 14.1. The van der Waals surface area contributed by atoms with Crippen LogP contribution in [0.4, 0.5) is 17.2 Å². The van der Waals surface area contributed by atoms with Gasteiger partial charge in [0.15, 0.2) is 17.2 Å². The number of aromatic amines is 1. The number of fused-ring (bicyclic) bond motifs is 1. The molecule has 4 aromatic rings. The van der Waals surface area contributed by atoms with Gasteiger partial charge in [-0.3, -0.25) is 5.10 Å². The SMILES string of the molecule is [C-]#[N+]c1c(C)nn(-c2ncncn2)c1/N=N/c1c(C)nn2c(C)n[nH]c12. The van der Waals surface area contributed by atoms with Crippen molar-refractivity contribution in [2.24, 2.45) is 10.2 Å². The van der Waals surface area contributed by atoms with Crippen molar-refractivity contribution >= 4 is 22.8 Å². The molecule has 0 saturated carbocycles. The molecule has 4 aromatic heterocycles. The maximum atomic E-state index is 7.42. The van der Waals surface area contributed by atoms with Gasteiger partial charge in [-0.25, -0.2) is 9.83 Å². The van der Waals surface area contributed by atoms with E-state index in [1.54, 1.807) is 11.4 Å². The summed E-state index contributed by atoms with van der Waals surface area (Å²) in [5.74, 6) is 1.19. The molecule has 26 heavy (non-hydrogen) atoms. The number of hydrogen-bond acceptors (Lipinski definition) is 8. The van der Waals surface area contributed by atoms with E-state index in [0.717, 1.165) is 0 Å². The molecular weight excluding hydrogens is 336 g/mol. The summed E-state index contributed by atoms with van der Waals surface area (Å²) < 4.78 is 3.01. The molecule has 0 fully saturated rings. The molecule has 0 atom stereocenters. The molecule has 0 bridgehead atoms. The van der Waals surface area contributed by atoms with Gasteiger partial charge in [0.2, 0.25) is 0 Å². The largest absolute Gasteiger partial charge is 0.258 e. The standard InChI is InChI=1S/C14H12N12/c1-7-10(15-4)12(26(24-7)14-17-5-16-6-18-14)22-20-11-8(2)23-25-9(3)19-21-13(11)25/h5-6,21H,1-3H3/b22-20+. The molecule has 12 heteroatoms. The van der Waals surface area contributed by atoms with Crippen molar-refractivity contribution in [3.8, 4) is 5.95 Å². The number of azo groups is 1. The van der Waals surface area contributed by atoms with Crippen molar-refractivity contribution in [3.63, 3.8) is 0 Å². The molecule has 0 amide bonds. The summed E-state index contributed by atoms with van der Waals surface area (Å²) in [4.78, 5) is 15.4. The van der Waals surface area contributed by atoms with E-state index in [0.29, 0.717) is 28.5 Å². The highest BCUT2D eigenvalue weighted by Crippen LogP contribution is 2.35. The zero-order valence-corrected chi connectivity index (χ0v) is 14.1. The molecule has 1 N–H and O–H groups in total. The number of aryl methyl sites for hydroxylation is 3. The van der Waals surface area contributed by atoms with Gasteiger partial charge in [0, 0.05) is 0 Å². The number of rotatable bonds is 3. The molecule has 0 saturated heterocycles. The summed E-state index contributed by atoms with van der Waals surface area (Å²) in [6.07, 6.45) is 2.69. The van der Waals surface area contributed by atoms with Crippen LogP contribution in [0, 0.1) is 27.3 Å². The lowest BCUT2D eigenvalue weighted by Crippen LogP contribution is -2.02. The summed E-state index contributed by atoms with van der Waals surface area (Å²) in [6, 6.07) is 0. The molecule has 4 rings (SSSR count). The second kappa shape index (κ2) is 5.81. The van der Waals surface area contributed by atoms with Crippen LogP contribution < -0.4 is 0 Å². The molecule has 0 aromatic carbocycles. The molecule has 0 aliphatic carbocycles. The number of nitrogens with zero attached hydrogens (tertiary/aromatic N) is 11. The van der Waals surface area contributed by atoms with Crippen LogP contribution in [0.2, 0.25) is 0 Å². The van der Waals surface area contributed by atoms with E-state index in [1.165, 1.54) is 17.3 Å². The van der Waals surface area contributed by atoms with Crippen molar-refractivity contribution in [2.75, 3.05) is 0 Å². The van der Waals surface area contributed by atoms with E-state index >= 15 is 0 Å². The van der Waals surface area contributed by atoms with E-state index in [4.69, 9.17) is 6.57 Å². The first kappa shape index (κ1) is 15.5. The average Bonchev–Trinajstić information content (AvgIpc) is 3.27. The molecule has 4 heterocycles. The van der Waals surface area contributed by atoms with Gasteiger partial charge in [-0.2, -0.15) is 34.5 Å². The van der Waals surface area contributed by atoms with Gasteiger partial charge in [0.25, 0.3) is 11.6 Å². The maximum absolute atomic E-state index is 7.42. The van der Waals surface area contributed by atoms with Gasteiger partial charge in [0.05, 0.1) is 18.0 Å². The first-order chi connectivity index (χ1) is 12.6. The second-order valence-corrected chi connectivity index (χ2v) is 5.38. The Morgan fingerprint density at radius 1 is 1.08 bits per heavy atom. The van der Waals surface area contributed by atoms with Crippen molar-refractivity contribution < 1.29 is 0 Å². The van der Waals surface area contributed by atoms with Gasteiger partial charge in [-0.1, -0.05) is 0 Å². The third-order valence-corrected chi connectivity index (χ3v) is 3.69. The van der Waals surface area contributed by atoms with E-state index in [2.05, 4.69) is 50.4 Å². The van der Waals surface area contributed by atoms with Gasteiger partial charge in [-0.05, 0) is 20.8 Å². The van der Waals surface area contributed by atoms with E-state index in [9.17, 15) is 0 Å². The van der Waals surface area contributed by atoms with Crippen LogP contribution in [0.3, 0.4) is 0 Å². The van der Waals surface area contributed by atoms with E-state index in [1.807, 2.05) is 13.8 Å². The van der Waals surface area contributed by atoms with Gasteiger partial charge < -0.3 is 0 Å². The summed E-state index contributed by atoms with van der Waals surface area (Å²) in [7, 11) is 0. The monoisotopic (exact) mass is 348 g/mol. The lowest BCUT2D eigenvalue weighted by atomic mass is 10.4. The van der Waals surface area contributed by atoms with Gasteiger partial charge in [-0.15, -0.1) is 10.2 Å². The Hall–Kier alpha value is -4.01. The van der Waals surface area contributed by atoms with E-state index in [-0.39, 0.29) is 17.5 Å².